The molecule has 1 aromatic carbocycles. The number of carboxylic acids is 1. The molecule has 0 amide bonds. The first-order chi connectivity index (χ1) is 9.36. The van der Waals surface area contributed by atoms with Crippen molar-refractivity contribution in [2.75, 3.05) is 5.32 Å². The molecule has 4 heteroatoms. The minimum Gasteiger partial charge on any atom is -0.478 e. The summed E-state index contributed by atoms with van der Waals surface area (Å²) in [5.74, 6) is -0.873. The molecule has 0 bridgehead atoms. The summed E-state index contributed by atoms with van der Waals surface area (Å²) in [5, 5.41) is 13.9. The van der Waals surface area contributed by atoms with E-state index in [4.69, 9.17) is 5.11 Å². The Morgan fingerprint density at radius 2 is 1.90 bits per heavy atom. The molecule has 0 fully saturated rings. The Hall–Kier alpha value is -1.81. The molecule has 106 valence electrons. The lowest BCUT2D eigenvalue weighted by molar-refractivity contribution is 0.0697. The van der Waals surface area contributed by atoms with Crippen molar-refractivity contribution in [2.45, 2.75) is 32.7 Å². The quantitative estimate of drug-likeness (QED) is 0.879. The van der Waals surface area contributed by atoms with E-state index < -0.39 is 5.97 Å². The molecule has 0 spiro atoms. The van der Waals surface area contributed by atoms with Gasteiger partial charge in [-0.1, -0.05) is 32.9 Å². The van der Waals surface area contributed by atoms with Crippen molar-refractivity contribution < 1.29 is 9.90 Å². The molecule has 3 nitrogen and oxygen atoms in total. The Kier molecular flexibility index (Phi) is 4.14. The third kappa shape index (κ3) is 3.61. The van der Waals surface area contributed by atoms with E-state index in [9.17, 15) is 4.79 Å². The van der Waals surface area contributed by atoms with Crippen LogP contribution >= 0.6 is 11.3 Å². The van der Waals surface area contributed by atoms with E-state index in [2.05, 4.69) is 50.4 Å². The molecular formula is C16H19NO2S. The van der Waals surface area contributed by atoms with Crippen LogP contribution < -0.4 is 5.32 Å². The van der Waals surface area contributed by atoms with E-state index in [0.717, 1.165) is 10.6 Å². The second-order valence-corrected chi connectivity index (χ2v) is 6.78. The molecule has 1 heterocycles. The highest BCUT2D eigenvalue weighted by molar-refractivity contribution is 7.10. The van der Waals surface area contributed by atoms with Crippen LogP contribution in [0.5, 0.6) is 0 Å². The number of aromatic carboxylic acids is 1. The molecule has 0 saturated heterocycles. The van der Waals surface area contributed by atoms with Gasteiger partial charge in [-0.05, 0) is 29.2 Å². The van der Waals surface area contributed by atoms with E-state index in [1.165, 1.54) is 16.9 Å². The van der Waals surface area contributed by atoms with Crippen LogP contribution in [0.25, 0.3) is 0 Å². The second kappa shape index (κ2) is 5.67. The molecular weight excluding hydrogens is 270 g/mol. The molecule has 0 aliphatic carbocycles. The maximum atomic E-state index is 10.8. The number of thiophene rings is 1. The Labute approximate surface area is 123 Å². The molecule has 2 N–H and O–H groups in total. The minimum atomic E-state index is -0.873. The van der Waals surface area contributed by atoms with Crippen LogP contribution in [0.1, 0.15) is 41.6 Å². The van der Waals surface area contributed by atoms with Gasteiger partial charge in [0, 0.05) is 22.5 Å². The SMILES string of the molecule is CC(C)(C)c1ccc(NCc2cc(C(=O)O)cs2)cc1. The molecule has 0 aliphatic heterocycles. The van der Waals surface area contributed by atoms with E-state index in [-0.39, 0.29) is 5.41 Å². The zero-order valence-electron chi connectivity index (χ0n) is 11.9. The van der Waals surface area contributed by atoms with Gasteiger partial charge in [0.05, 0.1) is 5.56 Å². The Morgan fingerprint density at radius 3 is 2.40 bits per heavy atom. The molecule has 2 rings (SSSR count). The molecule has 2 aromatic rings. The van der Waals surface area contributed by atoms with E-state index in [1.807, 2.05) is 0 Å². The monoisotopic (exact) mass is 289 g/mol. The van der Waals surface area contributed by atoms with Gasteiger partial charge in [-0.15, -0.1) is 11.3 Å². The average Bonchev–Trinajstić information content (AvgIpc) is 2.85. The summed E-state index contributed by atoms with van der Waals surface area (Å²) in [6.07, 6.45) is 0. The van der Waals surface area contributed by atoms with Crippen LogP contribution in [0.3, 0.4) is 0 Å². The first-order valence-electron chi connectivity index (χ1n) is 6.51. The average molecular weight is 289 g/mol. The van der Waals surface area contributed by atoms with Crippen LogP contribution in [0, 0.1) is 0 Å². The highest BCUT2D eigenvalue weighted by Crippen LogP contribution is 2.24. The summed E-state index contributed by atoms with van der Waals surface area (Å²) in [7, 11) is 0. The summed E-state index contributed by atoms with van der Waals surface area (Å²) in [4.78, 5) is 11.8. The van der Waals surface area contributed by atoms with Gasteiger partial charge in [0.25, 0.3) is 0 Å². The summed E-state index contributed by atoms with van der Waals surface area (Å²) >= 11 is 1.46. The molecule has 20 heavy (non-hydrogen) atoms. The maximum absolute atomic E-state index is 10.8. The van der Waals surface area contributed by atoms with Gasteiger partial charge in [-0.25, -0.2) is 4.79 Å². The van der Waals surface area contributed by atoms with Crippen LogP contribution in [-0.2, 0) is 12.0 Å². The molecule has 0 aliphatic rings. The topological polar surface area (TPSA) is 49.3 Å². The first kappa shape index (κ1) is 14.6. The summed E-state index contributed by atoms with van der Waals surface area (Å²) in [6.45, 7) is 7.21. The van der Waals surface area contributed by atoms with Crippen LogP contribution in [0.2, 0.25) is 0 Å². The fraction of sp³-hybridized carbons (Fsp3) is 0.312. The van der Waals surface area contributed by atoms with Crippen molar-refractivity contribution in [3.8, 4) is 0 Å². The van der Waals surface area contributed by atoms with Crippen molar-refractivity contribution in [3.63, 3.8) is 0 Å². The molecule has 1 aromatic heterocycles. The van der Waals surface area contributed by atoms with Gasteiger partial charge in [0.1, 0.15) is 0 Å². The fourth-order valence-corrected chi connectivity index (χ4v) is 2.66. The van der Waals surface area contributed by atoms with Crippen LogP contribution in [0.15, 0.2) is 35.7 Å². The van der Waals surface area contributed by atoms with Crippen LogP contribution in [0.4, 0.5) is 5.69 Å². The maximum Gasteiger partial charge on any atom is 0.336 e. The van der Waals surface area contributed by atoms with E-state index >= 15 is 0 Å². The smallest absolute Gasteiger partial charge is 0.336 e. The second-order valence-electron chi connectivity index (χ2n) is 5.79. The summed E-state index contributed by atoms with van der Waals surface area (Å²) < 4.78 is 0. The van der Waals surface area contributed by atoms with Crippen molar-refractivity contribution in [3.05, 3.63) is 51.7 Å². The normalized spacial score (nSPS) is 11.3. The van der Waals surface area contributed by atoms with E-state index in [0.29, 0.717) is 12.1 Å². The lowest BCUT2D eigenvalue weighted by atomic mass is 9.87. The highest BCUT2D eigenvalue weighted by Gasteiger charge is 2.12. The number of nitrogens with one attached hydrogen (secondary N) is 1. The lowest BCUT2D eigenvalue weighted by Crippen LogP contribution is -2.10. The number of hydrogen-bond acceptors (Lipinski definition) is 3. The fourth-order valence-electron chi connectivity index (χ4n) is 1.86. The zero-order chi connectivity index (χ0) is 14.8. The first-order valence-corrected chi connectivity index (χ1v) is 7.39. The molecule has 0 radical (unpaired) electrons. The molecule has 0 unspecified atom stereocenters. The summed E-state index contributed by atoms with van der Waals surface area (Å²) in [6, 6.07) is 10.1. The van der Waals surface area contributed by atoms with Gasteiger partial charge in [-0.3, -0.25) is 0 Å². The number of hydrogen-bond donors (Lipinski definition) is 2. The third-order valence-corrected chi connectivity index (χ3v) is 4.06. The molecule has 0 saturated carbocycles. The molecule has 0 atom stereocenters. The predicted octanol–water partition coefficient (Wildman–Crippen LogP) is 4.36. The minimum absolute atomic E-state index is 0.155. The standard InChI is InChI=1S/C16H19NO2S/c1-16(2,3)12-4-6-13(7-5-12)17-9-14-8-11(10-20-14)15(18)19/h4-8,10,17H,9H2,1-3H3,(H,18,19). The van der Waals surface area contributed by atoms with E-state index in [1.54, 1.807) is 11.4 Å². The third-order valence-electron chi connectivity index (χ3n) is 3.12. The highest BCUT2D eigenvalue weighted by atomic mass is 32.1. The Bertz CT molecular complexity index is 594. The number of carbonyl (C=O) groups is 1. The van der Waals surface area contributed by atoms with Crippen LogP contribution in [-0.4, -0.2) is 11.1 Å². The van der Waals surface area contributed by atoms with Crippen molar-refractivity contribution >= 4 is 23.0 Å². The van der Waals surface area contributed by atoms with Gasteiger partial charge in [-0.2, -0.15) is 0 Å². The van der Waals surface area contributed by atoms with Crippen molar-refractivity contribution in [2.24, 2.45) is 0 Å². The van der Waals surface area contributed by atoms with Crippen molar-refractivity contribution in [1.29, 1.82) is 0 Å². The number of carboxylic acid groups (broad SMARTS) is 1. The number of anilines is 1. The van der Waals surface area contributed by atoms with Gasteiger partial charge in [0.15, 0.2) is 0 Å². The largest absolute Gasteiger partial charge is 0.478 e. The number of rotatable bonds is 4. The van der Waals surface area contributed by atoms with Gasteiger partial charge < -0.3 is 10.4 Å². The summed E-state index contributed by atoms with van der Waals surface area (Å²) in [5.41, 5.74) is 2.85. The zero-order valence-corrected chi connectivity index (χ0v) is 12.8. The van der Waals surface area contributed by atoms with Crippen molar-refractivity contribution in [1.82, 2.24) is 0 Å². The predicted molar refractivity (Wildman–Crippen MR) is 83.7 cm³/mol. The Balaban J connectivity index is 1.98. The van der Waals surface area contributed by atoms with Gasteiger partial charge in [0.2, 0.25) is 0 Å². The lowest BCUT2D eigenvalue weighted by Gasteiger charge is -2.19. The Morgan fingerprint density at radius 1 is 1.25 bits per heavy atom. The number of benzene rings is 1. The van der Waals surface area contributed by atoms with Gasteiger partial charge >= 0.3 is 5.97 Å².